The Hall–Kier alpha value is -3.18. The highest BCUT2D eigenvalue weighted by atomic mass is 35.5. The molecule has 28 heavy (non-hydrogen) atoms. The van der Waals surface area contributed by atoms with E-state index in [0.29, 0.717) is 22.8 Å². The van der Waals surface area contributed by atoms with Crippen molar-refractivity contribution in [1.82, 2.24) is 10.3 Å². The number of carbonyl (C=O) groups is 2. The van der Waals surface area contributed by atoms with Crippen molar-refractivity contribution in [3.8, 4) is 11.3 Å². The number of hydrogen-bond donors (Lipinski definition) is 1. The van der Waals surface area contributed by atoms with Gasteiger partial charge >= 0.3 is 5.97 Å². The van der Waals surface area contributed by atoms with Crippen LogP contribution in [-0.2, 0) is 16.1 Å². The van der Waals surface area contributed by atoms with Gasteiger partial charge in [-0.3, -0.25) is 9.78 Å². The number of esters is 1. The molecule has 1 N–H and O–H groups in total. The first-order chi connectivity index (χ1) is 13.5. The van der Waals surface area contributed by atoms with Crippen LogP contribution in [0.2, 0.25) is 5.02 Å². The van der Waals surface area contributed by atoms with Gasteiger partial charge in [0.15, 0.2) is 6.61 Å². The van der Waals surface area contributed by atoms with Crippen LogP contribution in [0.25, 0.3) is 11.3 Å². The van der Waals surface area contributed by atoms with E-state index in [1.54, 1.807) is 31.2 Å². The zero-order valence-electron chi connectivity index (χ0n) is 15.3. The molecule has 0 atom stereocenters. The van der Waals surface area contributed by atoms with E-state index in [1.807, 2.05) is 42.5 Å². The molecule has 0 saturated carbocycles. The number of hydrogen-bond acceptors (Lipinski definition) is 4. The summed E-state index contributed by atoms with van der Waals surface area (Å²) in [5.74, 6) is -0.957. The number of benzene rings is 2. The summed E-state index contributed by atoms with van der Waals surface area (Å²) in [7, 11) is 0. The van der Waals surface area contributed by atoms with Crippen molar-refractivity contribution >= 4 is 23.5 Å². The summed E-state index contributed by atoms with van der Waals surface area (Å²) in [5.41, 5.74) is 3.53. The van der Waals surface area contributed by atoms with E-state index in [4.69, 9.17) is 16.3 Å². The van der Waals surface area contributed by atoms with E-state index >= 15 is 0 Å². The van der Waals surface area contributed by atoms with Gasteiger partial charge in [-0.15, -0.1) is 0 Å². The Labute approximate surface area is 168 Å². The van der Waals surface area contributed by atoms with Crippen molar-refractivity contribution in [1.29, 1.82) is 0 Å². The molecule has 2 aromatic carbocycles. The molecule has 6 heteroatoms. The monoisotopic (exact) mass is 394 g/mol. The standard InChI is InChI=1S/C22H19ClN2O3/c1-15-19(11-12-20(25-15)17-5-3-2-4-6-17)22(27)28-14-21(26)24-13-16-7-9-18(23)10-8-16/h2-12H,13-14H2,1H3,(H,24,26). The lowest BCUT2D eigenvalue weighted by Crippen LogP contribution is -2.28. The van der Waals surface area contributed by atoms with Gasteiger partial charge in [0, 0.05) is 17.1 Å². The third-order valence-electron chi connectivity index (χ3n) is 4.11. The molecule has 1 aromatic heterocycles. The maximum Gasteiger partial charge on any atom is 0.340 e. The molecular formula is C22H19ClN2O3. The molecule has 1 amide bonds. The van der Waals surface area contributed by atoms with E-state index in [-0.39, 0.29) is 12.5 Å². The maximum atomic E-state index is 12.3. The molecule has 0 aliphatic rings. The van der Waals surface area contributed by atoms with Crippen LogP contribution in [0.3, 0.4) is 0 Å². The highest BCUT2D eigenvalue weighted by Gasteiger charge is 2.14. The average molecular weight is 395 g/mol. The van der Waals surface area contributed by atoms with Crippen molar-refractivity contribution in [2.24, 2.45) is 0 Å². The summed E-state index contributed by atoms with van der Waals surface area (Å²) in [6.07, 6.45) is 0. The number of aromatic nitrogens is 1. The van der Waals surface area contributed by atoms with Gasteiger partial charge in [0.1, 0.15) is 0 Å². The highest BCUT2D eigenvalue weighted by Crippen LogP contribution is 2.19. The van der Waals surface area contributed by atoms with Gasteiger partial charge in [-0.25, -0.2) is 4.79 Å². The fraction of sp³-hybridized carbons (Fsp3) is 0.136. The van der Waals surface area contributed by atoms with Gasteiger partial charge in [0.05, 0.1) is 17.0 Å². The summed E-state index contributed by atoms with van der Waals surface area (Å²) >= 11 is 5.82. The van der Waals surface area contributed by atoms with Crippen molar-refractivity contribution < 1.29 is 14.3 Å². The van der Waals surface area contributed by atoms with E-state index in [9.17, 15) is 9.59 Å². The molecule has 0 fully saturated rings. The first-order valence-electron chi connectivity index (χ1n) is 8.74. The number of carbonyl (C=O) groups excluding carboxylic acids is 2. The minimum Gasteiger partial charge on any atom is -0.452 e. The largest absolute Gasteiger partial charge is 0.452 e. The van der Waals surface area contributed by atoms with E-state index in [1.165, 1.54) is 0 Å². The number of nitrogens with one attached hydrogen (secondary N) is 1. The van der Waals surface area contributed by atoms with Gasteiger partial charge in [0.2, 0.25) is 0 Å². The lowest BCUT2D eigenvalue weighted by atomic mass is 10.1. The molecule has 0 bridgehead atoms. The molecular weight excluding hydrogens is 376 g/mol. The molecule has 142 valence electrons. The van der Waals surface area contributed by atoms with Crippen LogP contribution >= 0.6 is 11.6 Å². The van der Waals surface area contributed by atoms with Gasteiger partial charge in [-0.2, -0.15) is 0 Å². The van der Waals surface area contributed by atoms with Gasteiger partial charge in [0.25, 0.3) is 5.91 Å². The Morgan fingerprint density at radius 2 is 1.71 bits per heavy atom. The number of nitrogens with zero attached hydrogens (tertiary/aromatic N) is 1. The third-order valence-corrected chi connectivity index (χ3v) is 4.36. The van der Waals surface area contributed by atoms with E-state index in [2.05, 4.69) is 10.3 Å². The van der Waals surface area contributed by atoms with Crippen molar-refractivity contribution in [3.63, 3.8) is 0 Å². The van der Waals surface area contributed by atoms with Crippen LogP contribution in [0.5, 0.6) is 0 Å². The van der Waals surface area contributed by atoms with Crippen LogP contribution < -0.4 is 5.32 Å². The molecule has 5 nitrogen and oxygen atoms in total. The summed E-state index contributed by atoms with van der Waals surface area (Å²) < 4.78 is 5.11. The minimum absolute atomic E-state index is 0.333. The molecule has 0 unspecified atom stereocenters. The lowest BCUT2D eigenvalue weighted by Gasteiger charge is -2.09. The van der Waals surface area contributed by atoms with Crippen LogP contribution in [0, 0.1) is 6.92 Å². The molecule has 0 aliphatic carbocycles. The van der Waals surface area contributed by atoms with Gasteiger partial charge in [-0.1, -0.05) is 54.1 Å². The van der Waals surface area contributed by atoms with Gasteiger partial charge < -0.3 is 10.1 Å². The number of halogens is 1. The van der Waals surface area contributed by atoms with Crippen molar-refractivity contribution in [2.45, 2.75) is 13.5 Å². The molecule has 0 spiro atoms. The average Bonchev–Trinajstić information content (AvgIpc) is 2.72. The second-order valence-corrected chi connectivity index (χ2v) is 6.61. The normalized spacial score (nSPS) is 10.4. The zero-order chi connectivity index (χ0) is 19.9. The Morgan fingerprint density at radius 1 is 1.00 bits per heavy atom. The molecule has 0 radical (unpaired) electrons. The van der Waals surface area contributed by atoms with Crippen LogP contribution in [0.1, 0.15) is 21.6 Å². The van der Waals surface area contributed by atoms with Crippen LogP contribution in [-0.4, -0.2) is 23.5 Å². The minimum atomic E-state index is -0.578. The summed E-state index contributed by atoms with van der Waals surface area (Å²) in [6, 6.07) is 20.2. The lowest BCUT2D eigenvalue weighted by molar-refractivity contribution is -0.124. The Bertz CT molecular complexity index is 973. The smallest absolute Gasteiger partial charge is 0.340 e. The van der Waals surface area contributed by atoms with Crippen LogP contribution in [0.15, 0.2) is 66.7 Å². The summed E-state index contributed by atoms with van der Waals surface area (Å²) in [5, 5.41) is 3.33. The first-order valence-corrected chi connectivity index (χ1v) is 9.12. The number of rotatable bonds is 6. The third kappa shape index (κ3) is 5.18. The summed E-state index contributed by atoms with van der Waals surface area (Å²) in [6.45, 7) is 1.72. The fourth-order valence-corrected chi connectivity index (χ4v) is 2.74. The molecule has 3 rings (SSSR count). The predicted molar refractivity (Wildman–Crippen MR) is 108 cm³/mol. The predicted octanol–water partition coefficient (Wildman–Crippen LogP) is 4.18. The summed E-state index contributed by atoms with van der Waals surface area (Å²) in [4.78, 5) is 28.6. The van der Waals surface area contributed by atoms with Crippen LogP contribution in [0.4, 0.5) is 0 Å². The number of ether oxygens (including phenoxy) is 1. The zero-order valence-corrected chi connectivity index (χ0v) is 16.1. The number of aryl methyl sites for hydroxylation is 1. The van der Waals surface area contributed by atoms with E-state index in [0.717, 1.165) is 16.8 Å². The molecule has 1 heterocycles. The molecule has 3 aromatic rings. The number of pyridine rings is 1. The quantitative estimate of drug-likeness (QED) is 0.637. The maximum absolute atomic E-state index is 12.3. The second-order valence-electron chi connectivity index (χ2n) is 6.17. The second kappa shape index (κ2) is 9.15. The topological polar surface area (TPSA) is 68.3 Å². The van der Waals surface area contributed by atoms with Gasteiger partial charge in [-0.05, 0) is 36.8 Å². The van der Waals surface area contributed by atoms with E-state index < -0.39 is 5.97 Å². The van der Waals surface area contributed by atoms with Crippen molar-refractivity contribution in [3.05, 3.63) is 88.6 Å². The van der Waals surface area contributed by atoms with Crippen molar-refractivity contribution in [2.75, 3.05) is 6.61 Å². The Kier molecular flexibility index (Phi) is 6.40. The molecule has 0 aliphatic heterocycles. The highest BCUT2D eigenvalue weighted by molar-refractivity contribution is 6.30. The Balaban J connectivity index is 1.54. The number of amides is 1. The fourth-order valence-electron chi connectivity index (χ4n) is 2.61. The Morgan fingerprint density at radius 3 is 2.39 bits per heavy atom. The SMILES string of the molecule is Cc1nc(-c2ccccc2)ccc1C(=O)OCC(=O)NCc1ccc(Cl)cc1. The molecule has 0 saturated heterocycles. The first kappa shape index (κ1) is 19.6.